The Morgan fingerprint density at radius 1 is 1.05 bits per heavy atom. The summed E-state index contributed by atoms with van der Waals surface area (Å²) in [5.74, 6) is -0.106. The standard InChI is InChI=1S/C12H8Cl2F3N3/c1-20(7-5-3-2-4-6-7)10-8(13)9(12(15,16)17)18-11(14)19-10/h2-6H,1H3. The van der Waals surface area contributed by atoms with Crippen molar-refractivity contribution in [2.45, 2.75) is 6.18 Å². The summed E-state index contributed by atoms with van der Waals surface area (Å²) in [4.78, 5) is 8.33. The summed E-state index contributed by atoms with van der Waals surface area (Å²) in [6.45, 7) is 0. The maximum Gasteiger partial charge on any atom is 0.435 e. The van der Waals surface area contributed by atoms with Crippen molar-refractivity contribution < 1.29 is 13.2 Å². The van der Waals surface area contributed by atoms with Crippen molar-refractivity contribution in [2.75, 3.05) is 11.9 Å². The van der Waals surface area contributed by atoms with E-state index < -0.39 is 22.2 Å². The van der Waals surface area contributed by atoms with Gasteiger partial charge in [-0.1, -0.05) is 29.8 Å². The lowest BCUT2D eigenvalue weighted by Crippen LogP contribution is -2.17. The number of aromatic nitrogens is 2. The van der Waals surface area contributed by atoms with Crippen LogP contribution in [0.4, 0.5) is 24.7 Å². The molecule has 1 aromatic carbocycles. The molecule has 8 heteroatoms. The van der Waals surface area contributed by atoms with Gasteiger partial charge in [-0.25, -0.2) is 4.98 Å². The molecule has 1 heterocycles. The molecule has 0 amide bonds. The zero-order valence-corrected chi connectivity index (χ0v) is 11.6. The predicted molar refractivity (Wildman–Crippen MR) is 71.6 cm³/mol. The fourth-order valence-corrected chi connectivity index (χ4v) is 2.08. The molecule has 2 rings (SSSR count). The van der Waals surface area contributed by atoms with Crippen LogP contribution in [0.15, 0.2) is 30.3 Å². The molecule has 1 aromatic heterocycles. The topological polar surface area (TPSA) is 29.0 Å². The second-order valence-corrected chi connectivity index (χ2v) is 4.59. The van der Waals surface area contributed by atoms with Crippen LogP contribution in [0.1, 0.15) is 5.69 Å². The fourth-order valence-electron chi connectivity index (χ4n) is 1.59. The Morgan fingerprint density at radius 3 is 2.20 bits per heavy atom. The Bertz CT molecular complexity index is 617. The normalized spacial score (nSPS) is 11.5. The van der Waals surface area contributed by atoms with Crippen LogP contribution in [0.2, 0.25) is 10.3 Å². The molecule has 0 atom stereocenters. The van der Waals surface area contributed by atoms with Gasteiger partial charge in [0, 0.05) is 12.7 Å². The SMILES string of the molecule is CN(c1ccccc1)c1nc(Cl)nc(C(F)(F)F)c1Cl. The number of halogens is 5. The Morgan fingerprint density at radius 2 is 1.65 bits per heavy atom. The lowest BCUT2D eigenvalue weighted by atomic mass is 10.3. The first-order chi connectivity index (χ1) is 9.30. The van der Waals surface area contributed by atoms with Crippen molar-refractivity contribution in [3.63, 3.8) is 0 Å². The second kappa shape index (κ2) is 5.46. The first kappa shape index (κ1) is 14.9. The van der Waals surface area contributed by atoms with Gasteiger partial charge in [-0.15, -0.1) is 0 Å². The van der Waals surface area contributed by atoms with E-state index in [9.17, 15) is 13.2 Å². The third-order valence-corrected chi connectivity index (χ3v) is 3.05. The molecule has 0 spiro atoms. The number of alkyl halides is 3. The molecular formula is C12H8Cl2F3N3. The lowest BCUT2D eigenvalue weighted by molar-refractivity contribution is -0.141. The molecule has 106 valence electrons. The molecule has 2 aromatic rings. The largest absolute Gasteiger partial charge is 0.435 e. The monoisotopic (exact) mass is 321 g/mol. The Hall–Kier alpha value is -1.53. The summed E-state index contributed by atoms with van der Waals surface area (Å²) in [6, 6.07) is 8.69. The first-order valence-electron chi connectivity index (χ1n) is 5.39. The molecule has 20 heavy (non-hydrogen) atoms. The van der Waals surface area contributed by atoms with E-state index in [2.05, 4.69) is 9.97 Å². The van der Waals surface area contributed by atoms with Crippen molar-refractivity contribution in [3.05, 3.63) is 46.3 Å². The highest BCUT2D eigenvalue weighted by atomic mass is 35.5. The third-order valence-electron chi connectivity index (χ3n) is 2.54. The van der Waals surface area contributed by atoms with Crippen LogP contribution in [0.3, 0.4) is 0 Å². The van der Waals surface area contributed by atoms with Gasteiger partial charge in [0.2, 0.25) is 5.28 Å². The molecule has 0 aliphatic heterocycles. The number of hydrogen-bond donors (Lipinski definition) is 0. The Balaban J connectivity index is 2.55. The van der Waals surface area contributed by atoms with Gasteiger partial charge in [-0.3, -0.25) is 0 Å². The molecule has 0 aliphatic rings. The van der Waals surface area contributed by atoms with E-state index in [4.69, 9.17) is 23.2 Å². The molecule has 0 N–H and O–H groups in total. The first-order valence-corrected chi connectivity index (χ1v) is 6.15. The van der Waals surface area contributed by atoms with Gasteiger partial charge in [0.15, 0.2) is 11.5 Å². The minimum atomic E-state index is -4.70. The number of rotatable bonds is 2. The average Bonchev–Trinajstić information content (AvgIpc) is 2.40. The van der Waals surface area contributed by atoms with E-state index in [0.717, 1.165) is 0 Å². The van der Waals surface area contributed by atoms with Crippen molar-refractivity contribution in [3.8, 4) is 0 Å². The number of nitrogens with zero attached hydrogens (tertiary/aromatic N) is 3. The minimum Gasteiger partial charge on any atom is -0.328 e. The molecule has 0 saturated heterocycles. The number of para-hydroxylation sites is 1. The third kappa shape index (κ3) is 2.96. The fraction of sp³-hybridized carbons (Fsp3) is 0.167. The molecule has 0 aliphatic carbocycles. The van der Waals surface area contributed by atoms with E-state index in [1.165, 1.54) is 4.90 Å². The van der Waals surface area contributed by atoms with E-state index in [1.807, 2.05) is 0 Å². The lowest BCUT2D eigenvalue weighted by Gasteiger charge is -2.21. The van der Waals surface area contributed by atoms with Crippen LogP contribution in [-0.4, -0.2) is 17.0 Å². The highest BCUT2D eigenvalue weighted by Crippen LogP contribution is 2.39. The summed E-state index contributed by atoms with van der Waals surface area (Å²) in [5.41, 5.74) is -0.630. The number of benzene rings is 1. The highest BCUT2D eigenvalue weighted by molar-refractivity contribution is 6.34. The maximum absolute atomic E-state index is 12.8. The van der Waals surface area contributed by atoms with Crippen molar-refractivity contribution in [2.24, 2.45) is 0 Å². The van der Waals surface area contributed by atoms with E-state index in [1.54, 1.807) is 37.4 Å². The van der Waals surface area contributed by atoms with Gasteiger partial charge in [-0.2, -0.15) is 18.2 Å². The van der Waals surface area contributed by atoms with Crippen molar-refractivity contribution in [1.82, 2.24) is 9.97 Å². The quantitative estimate of drug-likeness (QED) is 0.759. The van der Waals surface area contributed by atoms with Gasteiger partial charge in [0.25, 0.3) is 0 Å². The van der Waals surface area contributed by atoms with Crippen molar-refractivity contribution in [1.29, 1.82) is 0 Å². The second-order valence-electron chi connectivity index (χ2n) is 3.87. The minimum absolute atomic E-state index is 0.106. The smallest absolute Gasteiger partial charge is 0.328 e. The van der Waals surface area contributed by atoms with Crippen LogP contribution in [-0.2, 0) is 6.18 Å². The van der Waals surface area contributed by atoms with E-state index in [-0.39, 0.29) is 5.82 Å². The van der Waals surface area contributed by atoms with Crippen molar-refractivity contribution >= 4 is 34.7 Å². The molecule has 0 unspecified atom stereocenters. The Kier molecular flexibility index (Phi) is 4.06. The zero-order valence-electron chi connectivity index (χ0n) is 10.1. The van der Waals surface area contributed by atoms with Gasteiger partial charge in [-0.05, 0) is 23.7 Å². The molecule has 0 radical (unpaired) electrons. The van der Waals surface area contributed by atoms with Crippen LogP contribution in [0.25, 0.3) is 0 Å². The van der Waals surface area contributed by atoms with Crippen LogP contribution in [0, 0.1) is 0 Å². The molecule has 0 bridgehead atoms. The molecule has 0 saturated carbocycles. The number of anilines is 2. The van der Waals surface area contributed by atoms with Gasteiger partial charge >= 0.3 is 6.18 Å². The molecule has 0 fully saturated rings. The predicted octanol–water partition coefficient (Wildman–Crippen LogP) is 4.57. The maximum atomic E-state index is 12.8. The summed E-state index contributed by atoms with van der Waals surface area (Å²) in [7, 11) is 1.54. The average molecular weight is 322 g/mol. The summed E-state index contributed by atoms with van der Waals surface area (Å²) < 4.78 is 38.5. The molecule has 3 nitrogen and oxygen atoms in total. The van der Waals surface area contributed by atoms with Crippen LogP contribution >= 0.6 is 23.2 Å². The van der Waals surface area contributed by atoms with Gasteiger partial charge < -0.3 is 4.90 Å². The number of hydrogen-bond acceptors (Lipinski definition) is 3. The van der Waals surface area contributed by atoms with Crippen LogP contribution < -0.4 is 4.90 Å². The van der Waals surface area contributed by atoms with Gasteiger partial charge in [0.1, 0.15) is 5.02 Å². The van der Waals surface area contributed by atoms with E-state index >= 15 is 0 Å². The van der Waals surface area contributed by atoms with Gasteiger partial charge in [0.05, 0.1) is 0 Å². The zero-order chi connectivity index (χ0) is 14.9. The Labute approximate surface area is 123 Å². The highest BCUT2D eigenvalue weighted by Gasteiger charge is 2.37. The summed E-state index contributed by atoms with van der Waals surface area (Å²) in [5, 5.41) is -1.10. The summed E-state index contributed by atoms with van der Waals surface area (Å²) >= 11 is 11.3. The van der Waals surface area contributed by atoms with E-state index in [0.29, 0.717) is 5.69 Å². The van der Waals surface area contributed by atoms with Crippen LogP contribution in [0.5, 0.6) is 0 Å². The molecular weight excluding hydrogens is 314 g/mol. The summed E-state index contributed by atoms with van der Waals surface area (Å²) in [6.07, 6.45) is -4.70.